The van der Waals surface area contributed by atoms with E-state index in [1.54, 1.807) is 19.1 Å². The maximum absolute atomic E-state index is 13.0. The average Bonchev–Trinajstić information content (AvgIpc) is 2.39. The van der Waals surface area contributed by atoms with Crippen LogP contribution in [0.4, 0.5) is 10.1 Å². The number of anilines is 1. The number of aryl methyl sites for hydroxylation is 1. The predicted molar refractivity (Wildman–Crippen MR) is 69.9 cm³/mol. The molecule has 0 saturated heterocycles. The SMILES string of the molecule is COc1ccc(NC(=O)c2ccc(F)cc2C)cn1. The first kappa shape index (κ1) is 13.0. The lowest BCUT2D eigenvalue weighted by atomic mass is 10.1. The molecule has 0 fully saturated rings. The Morgan fingerprint density at radius 1 is 1.32 bits per heavy atom. The first-order chi connectivity index (χ1) is 9.10. The van der Waals surface area contributed by atoms with Gasteiger partial charge in [0.25, 0.3) is 5.91 Å². The minimum absolute atomic E-state index is 0.301. The van der Waals surface area contributed by atoms with Crippen LogP contribution in [0.15, 0.2) is 36.5 Å². The molecular formula is C14H13FN2O2. The fraction of sp³-hybridized carbons (Fsp3) is 0.143. The van der Waals surface area contributed by atoms with Gasteiger partial charge in [-0.2, -0.15) is 0 Å². The number of ether oxygens (including phenoxy) is 1. The maximum atomic E-state index is 13.0. The van der Waals surface area contributed by atoms with E-state index >= 15 is 0 Å². The number of amides is 1. The van der Waals surface area contributed by atoms with Crippen molar-refractivity contribution in [3.63, 3.8) is 0 Å². The van der Waals surface area contributed by atoms with Gasteiger partial charge in [0.05, 0.1) is 19.0 Å². The highest BCUT2D eigenvalue weighted by atomic mass is 19.1. The molecule has 1 amide bonds. The molecule has 0 saturated carbocycles. The number of hydrogen-bond donors (Lipinski definition) is 1. The van der Waals surface area contributed by atoms with E-state index in [4.69, 9.17) is 4.74 Å². The Morgan fingerprint density at radius 3 is 2.68 bits per heavy atom. The number of carbonyl (C=O) groups is 1. The number of aromatic nitrogens is 1. The summed E-state index contributed by atoms with van der Waals surface area (Å²) in [4.78, 5) is 16.0. The molecule has 1 aromatic heterocycles. The summed E-state index contributed by atoms with van der Waals surface area (Å²) in [5.74, 6) is -0.194. The highest BCUT2D eigenvalue weighted by Crippen LogP contribution is 2.15. The fourth-order valence-electron chi connectivity index (χ4n) is 1.66. The summed E-state index contributed by atoms with van der Waals surface area (Å²) in [6, 6.07) is 7.36. The normalized spacial score (nSPS) is 10.1. The van der Waals surface area contributed by atoms with Crippen LogP contribution in [-0.2, 0) is 0 Å². The maximum Gasteiger partial charge on any atom is 0.255 e. The molecule has 1 N–H and O–H groups in total. The van der Waals surface area contributed by atoms with Gasteiger partial charge in [-0.05, 0) is 36.8 Å². The summed E-state index contributed by atoms with van der Waals surface area (Å²) < 4.78 is 17.9. The molecule has 2 rings (SSSR count). The van der Waals surface area contributed by atoms with Crippen LogP contribution in [0, 0.1) is 12.7 Å². The lowest BCUT2D eigenvalue weighted by Gasteiger charge is -2.08. The van der Waals surface area contributed by atoms with Crippen molar-refractivity contribution in [2.45, 2.75) is 6.92 Å². The van der Waals surface area contributed by atoms with E-state index in [-0.39, 0.29) is 11.7 Å². The second-order valence-corrected chi connectivity index (χ2v) is 4.00. The number of nitrogens with one attached hydrogen (secondary N) is 1. The molecule has 4 nitrogen and oxygen atoms in total. The van der Waals surface area contributed by atoms with Crippen LogP contribution < -0.4 is 10.1 Å². The van der Waals surface area contributed by atoms with Gasteiger partial charge in [-0.1, -0.05) is 0 Å². The topological polar surface area (TPSA) is 51.2 Å². The average molecular weight is 260 g/mol. The number of pyridine rings is 1. The molecule has 0 radical (unpaired) electrons. The third-order valence-corrected chi connectivity index (χ3v) is 2.64. The Hall–Kier alpha value is -2.43. The molecule has 0 aliphatic rings. The van der Waals surface area contributed by atoms with Gasteiger partial charge in [0.2, 0.25) is 5.88 Å². The molecule has 0 atom stereocenters. The minimum Gasteiger partial charge on any atom is -0.481 e. The number of hydrogen-bond acceptors (Lipinski definition) is 3. The van der Waals surface area contributed by atoms with E-state index in [1.165, 1.54) is 31.5 Å². The molecule has 0 aliphatic heterocycles. The lowest BCUT2D eigenvalue weighted by Crippen LogP contribution is -2.13. The van der Waals surface area contributed by atoms with Crippen molar-refractivity contribution in [1.29, 1.82) is 0 Å². The second-order valence-electron chi connectivity index (χ2n) is 4.00. The van der Waals surface area contributed by atoms with Crippen molar-refractivity contribution in [1.82, 2.24) is 4.98 Å². The van der Waals surface area contributed by atoms with Crippen molar-refractivity contribution in [2.24, 2.45) is 0 Å². The van der Waals surface area contributed by atoms with Gasteiger partial charge in [0, 0.05) is 11.6 Å². The lowest BCUT2D eigenvalue weighted by molar-refractivity contribution is 0.102. The van der Waals surface area contributed by atoms with E-state index in [0.29, 0.717) is 22.7 Å². The molecule has 0 unspecified atom stereocenters. The summed E-state index contributed by atoms with van der Waals surface area (Å²) in [5.41, 5.74) is 1.56. The third kappa shape index (κ3) is 3.07. The first-order valence-corrected chi connectivity index (χ1v) is 5.67. The molecule has 19 heavy (non-hydrogen) atoms. The van der Waals surface area contributed by atoms with E-state index in [0.717, 1.165) is 0 Å². The molecule has 0 bridgehead atoms. The molecule has 1 aromatic carbocycles. The van der Waals surface area contributed by atoms with Gasteiger partial charge in [0.1, 0.15) is 5.82 Å². The van der Waals surface area contributed by atoms with Crippen LogP contribution in [0.5, 0.6) is 5.88 Å². The molecule has 2 aromatic rings. The standard InChI is InChI=1S/C14H13FN2O2/c1-9-7-10(15)3-5-12(9)14(18)17-11-4-6-13(19-2)16-8-11/h3-8H,1-2H3,(H,17,18). The van der Waals surface area contributed by atoms with E-state index in [9.17, 15) is 9.18 Å². The van der Waals surface area contributed by atoms with E-state index < -0.39 is 0 Å². The smallest absolute Gasteiger partial charge is 0.255 e. The van der Waals surface area contributed by atoms with Crippen molar-refractivity contribution < 1.29 is 13.9 Å². The van der Waals surface area contributed by atoms with Gasteiger partial charge in [-0.3, -0.25) is 4.79 Å². The Balaban J connectivity index is 2.15. The fourth-order valence-corrected chi connectivity index (χ4v) is 1.66. The number of benzene rings is 1. The Kier molecular flexibility index (Phi) is 3.75. The number of methoxy groups -OCH3 is 1. The van der Waals surface area contributed by atoms with Gasteiger partial charge in [0.15, 0.2) is 0 Å². The van der Waals surface area contributed by atoms with Crippen LogP contribution in [0.3, 0.4) is 0 Å². The van der Waals surface area contributed by atoms with E-state index in [1.807, 2.05) is 0 Å². The monoisotopic (exact) mass is 260 g/mol. The number of nitrogens with zero attached hydrogens (tertiary/aromatic N) is 1. The summed E-state index contributed by atoms with van der Waals surface area (Å²) in [7, 11) is 1.52. The zero-order valence-electron chi connectivity index (χ0n) is 10.6. The van der Waals surface area contributed by atoms with Gasteiger partial charge >= 0.3 is 0 Å². The van der Waals surface area contributed by atoms with Crippen LogP contribution in [-0.4, -0.2) is 18.0 Å². The van der Waals surface area contributed by atoms with Gasteiger partial charge in [-0.15, -0.1) is 0 Å². The van der Waals surface area contributed by atoms with Crippen molar-refractivity contribution >= 4 is 11.6 Å². The van der Waals surface area contributed by atoms with Crippen LogP contribution in [0.25, 0.3) is 0 Å². The van der Waals surface area contributed by atoms with E-state index in [2.05, 4.69) is 10.3 Å². The third-order valence-electron chi connectivity index (χ3n) is 2.64. The Labute approximate surface area is 110 Å². The highest BCUT2D eigenvalue weighted by Gasteiger charge is 2.10. The van der Waals surface area contributed by atoms with Crippen LogP contribution in [0.1, 0.15) is 15.9 Å². The quantitative estimate of drug-likeness (QED) is 0.923. The summed E-state index contributed by atoms with van der Waals surface area (Å²) in [6.45, 7) is 1.68. The first-order valence-electron chi connectivity index (χ1n) is 5.67. The predicted octanol–water partition coefficient (Wildman–Crippen LogP) is 2.79. The molecule has 98 valence electrons. The summed E-state index contributed by atoms with van der Waals surface area (Å²) in [5, 5.41) is 2.69. The number of rotatable bonds is 3. The van der Waals surface area contributed by atoms with Crippen LogP contribution in [0.2, 0.25) is 0 Å². The van der Waals surface area contributed by atoms with Crippen LogP contribution >= 0.6 is 0 Å². The number of halogens is 1. The zero-order chi connectivity index (χ0) is 13.8. The minimum atomic E-state index is -0.361. The highest BCUT2D eigenvalue weighted by molar-refractivity contribution is 6.05. The van der Waals surface area contributed by atoms with Gasteiger partial charge < -0.3 is 10.1 Å². The molecule has 5 heteroatoms. The largest absolute Gasteiger partial charge is 0.481 e. The molecular weight excluding hydrogens is 247 g/mol. The van der Waals surface area contributed by atoms with Crippen molar-refractivity contribution in [2.75, 3.05) is 12.4 Å². The van der Waals surface area contributed by atoms with Gasteiger partial charge in [-0.25, -0.2) is 9.37 Å². The Morgan fingerprint density at radius 2 is 2.11 bits per heavy atom. The molecule has 1 heterocycles. The van der Waals surface area contributed by atoms with Crippen molar-refractivity contribution in [3.05, 3.63) is 53.5 Å². The van der Waals surface area contributed by atoms with Crippen molar-refractivity contribution in [3.8, 4) is 5.88 Å². The zero-order valence-corrected chi connectivity index (χ0v) is 10.6. The number of carbonyl (C=O) groups excluding carboxylic acids is 1. The Bertz CT molecular complexity index is 597. The second kappa shape index (κ2) is 5.48. The molecule has 0 aliphatic carbocycles. The summed E-state index contributed by atoms with van der Waals surface area (Å²) >= 11 is 0. The summed E-state index contributed by atoms with van der Waals surface area (Å²) in [6.07, 6.45) is 1.50. The molecule has 0 spiro atoms.